The molecule has 0 atom stereocenters. The van der Waals surface area contributed by atoms with E-state index in [-0.39, 0.29) is 0 Å². The van der Waals surface area contributed by atoms with Crippen LogP contribution in [0.5, 0.6) is 5.75 Å². The molecule has 2 N–H and O–H groups in total. The Labute approximate surface area is 74.3 Å². The van der Waals surface area contributed by atoms with Crippen LogP contribution in [0.3, 0.4) is 0 Å². The van der Waals surface area contributed by atoms with E-state index in [1.54, 1.807) is 0 Å². The average Bonchev–Trinajstić information content (AvgIpc) is 2.31. The summed E-state index contributed by atoms with van der Waals surface area (Å²) in [6.07, 6.45) is -4.84. The van der Waals surface area contributed by atoms with Crippen molar-refractivity contribution in [2.45, 2.75) is 6.36 Å². The van der Waals surface area contributed by atoms with Crippen LogP contribution in [0.25, 0.3) is 0 Å². The number of amides is 1. The van der Waals surface area contributed by atoms with Gasteiger partial charge in [-0.05, 0) is 11.5 Å². The second-order valence-electron chi connectivity index (χ2n) is 1.94. The maximum atomic E-state index is 11.7. The van der Waals surface area contributed by atoms with Crippen molar-refractivity contribution >= 4 is 17.4 Å². The minimum atomic E-state index is -4.84. The largest absolute Gasteiger partial charge is 0.573 e. The van der Waals surface area contributed by atoms with Crippen LogP contribution in [-0.2, 0) is 0 Å². The minimum absolute atomic E-state index is 0.512. The highest BCUT2D eigenvalue weighted by atomic mass is 32.1. The molecule has 4 nitrogen and oxygen atoms in total. The molecule has 1 aromatic heterocycles. The number of nitrogens with two attached hydrogens (primary N) is 1. The van der Waals surface area contributed by atoms with E-state index in [9.17, 15) is 18.0 Å². The lowest BCUT2D eigenvalue weighted by Crippen LogP contribution is -2.20. The van der Waals surface area contributed by atoms with Crippen molar-refractivity contribution < 1.29 is 22.7 Å². The molecular formula is C5H3F3N2O2S. The lowest BCUT2D eigenvalue weighted by molar-refractivity contribution is -0.274. The Morgan fingerprint density at radius 3 is 2.69 bits per heavy atom. The van der Waals surface area contributed by atoms with E-state index in [0.29, 0.717) is 11.5 Å². The van der Waals surface area contributed by atoms with Crippen LogP contribution in [0.15, 0.2) is 5.38 Å². The molecule has 0 aliphatic rings. The molecule has 1 rings (SSSR count). The zero-order valence-corrected chi connectivity index (χ0v) is 6.78. The molecule has 72 valence electrons. The summed E-state index contributed by atoms with van der Waals surface area (Å²) in [5.74, 6) is -1.72. The molecule has 0 aromatic carbocycles. The number of primary amides is 1. The Morgan fingerprint density at radius 2 is 2.23 bits per heavy atom. The number of nitrogens with zero attached hydrogens (tertiary/aromatic N) is 1. The first-order valence-electron chi connectivity index (χ1n) is 2.90. The maximum Gasteiger partial charge on any atom is 0.573 e. The number of hydrogen-bond acceptors (Lipinski definition) is 4. The van der Waals surface area contributed by atoms with Crippen molar-refractivity contribution in [3.05, 3.63) is 11.1 Å². The number of carbonyl (C=O) groups excluding carboxylic acids is 1. The topological polar surface area (TPSA) is 65.2 Å². The number of rotatable bonds is 2. The van der Waals surface area contributed by atoms with Crippen LogP contribution < -0.4 is 10.5 Å². The van der Waals surface area contributed by atoms with E-state index in [1.807, 2.05) is 0 Å². The zero-order valence-electron chi connectivity index (χ0n) is 5.96. The van der Waals surface area contributed by atoms with Gasteiger partial charge < -0.3 is 10.5 Å². The molecule has 0 bridgehead atoms. The van der Waals surface area contributed by atoms with E-state index in [4.69, 9.17) is 5.73 Å². The number of aromatic nitrogens is 1. The zero-order chi connectivity index (χ0) is 10.1. The Morgan fingerprint density at radius 1 is 1.62 bits per heavy atom. The molecule has 0 saturated heterocycles. The Bertz CT molecular complexity index is 322. The SMILES string of the molecule is NC(=O)c1nscc1OC(F)(F)F. The fourth-order valence-corrected chi connectivity index (χ4v) is 1.18. The van der Waals surface area contributed by atoms with Crippen LogP contribution in [0.4, 0.5) is 13.2 Å². The smallest absolute Gasteiger partial charge is 0.402 e. The summed E-state index contributed by atoms with van der Waals surface area (Å²) in [4.78, 5) is 10.5. The van der Waals surface area contributed by atoms with Crippen molar-refractivity contribution in [3.63, 3.8) is 0 Å². The maximum absolute atomic E-state index is 11.7. The van der Waals surface area contributed by atoms with Gasteiger partial charge >= 0.3 is 6.36 Å². The molecule has 0 radical (unpaired) electrons. The number of halogens is 3. The average molecular weight is 212 g/mol. The Kier molecular flexibility index (Phi) is 2.41. The van der Waals surface area contributed by atoms with E-state index in [1.165, 1.54) is 0 Å². The number of carbonyl (C=O) groups is 1. The van der Waals surface area contributed by atoms with Gasteiger partial charge in [-0.2, -0.15) is 4.37 Å². The second kappa shape index (κ2) is 3.21. The molecule has 0 fully saturated rings. The number of ether oxygens (including phenoxy) is 1. The Hall–Kier alpha value is -1.31. The monoisotopic (exact) mass is 212 g/mol. The van der Waals surface area contributed by atoms with Gasteiger partial charge in [0.25, 0.3) is 5.91 Å². The summed E-state index contributed by atoms with van der Waals surface area (Å²) in [5.41, 5.74) is 4.22. The standard InChI is InChI=1S/C5H3F3N2O2S/c6-5(7,8)12-2-1-13-10-3(2)4(9)11/h1H,(H2,9,11). The summed E-state index contributed by atoms with van der Waals surface area (Å²) >= 11 is 0.659. The minimum Gasteiger partial charge on any atom is -0.402 e. The van der Waals surface area contributed by atoms with Crippen LogP contribution in [-0.4, -0.2) is 16.6 Å². The normalized spacial score (nSPS) is 11.3. The first-order chi connectivity index (χ1) is 5.90. The molecule has 0 spiro atoms. The van der Waals surface area contributed by atoms with Crippen molar-refractivity contribution in [1.29, 1.82) is 0 Å². The summed E-state index contributed by atoms with van der Waals surface area (Å²) in [6, 6.07) is 0. The van der Waals surface area contributed by atoms with Gasteiger partial charge in [0.2, 0.25) is 0 Å². The summed E-state index contributed by atoms with van der Waals surface area (Å²) in [5, 5.41) is 0.952. The van der Waals surface area contributed by atoms with Crippen molar-refractivity contribution in [2.75, 3.05) is 0 Å². The van der Waals surface area contributed by atoms with E-state index < -0.39 is 23.7 Å². The quantitative estimate of drug-likeness (QED) is 0.799. The second-order valence-corrected chi connectivity index (χ2v) is 2.57. The highest BCUT2D eigenvalue weighted by Gasteiger charge is 2.33. The van der Waals surface area contributed by atoms with Crippen LogP contribution in [0.1, 0.15) is 10.5 Å². The molecule has 8 heteroatoms. The molecule has 1 amide bonds. The lowest BCUT2D eigenvalue weighted by Gasteiger charge is -2.06. The highest BCUT2D eigenvalue weighted by Crippen LogP contribution is 2.26. The molecular weight excluding hydrogens is 209 g/mol. The van der Waals surface area contributed by atoms with Crippen LogP contribution in [0, 0.1) is 0 Å². The van der Waals surface area contributed by atoms with Crippen molar-refractivity contribution in [3.8, 4) is 5.75 Å². The van der Waals surface area contributed by atoms with Gasteiger partial charge in [-0.3, -0.25) is 4.79 Å². The van der Waals surface area contributed by atoms with Gasteiger partial charge in [0, 0.05) is 0 Å². The Balaban J connectivity index is 2.89. The molecule has 0 aliphatic heterocycles. The third-order valence-electron chi connectivity index (χ3n) is 0.996. The molecule has 0 saturated carbocycles. The van der Waals surface area contributed by atoms with E-state index in [2.05, 4.69) is 9.11 Å². The molecule has 0 unspecified atom stereocenters. The van der Waals surface area contributed by atoms with Gasteiger partial charge in [-0.15, -0.1) is 13.2 Å². The van der Waals surface area contributed by atoms with Crippen LogP contribution >= 0.6 is 11.5 Å². The fraction of sp³-hybridized carbons (Fsp3) is 0.200. The summed E-state index contributed by atoms with van der Waals surface area (Å²) < 4.78 is 41.8. The van der Waals surface area contributed by atoms with Gasteiger partial charge in [-0.25, -0.2) is 0 Å². The highest BCUT2D eigenvalue weighted by molar-refractivity contribution is 7.04. The fourth-order valence-electron chi connectivity index (χ4n) is 0.591. The van der Waals surface area contributed by atoms with Crippen molar-refractivity contribution in [1.82, 2.24) is 4.37 Å². The van der Waals surface area contributed by atoms with Gasteiger partial charge in [-0.1, -0.05) is 0 Å². The summed E-state index contributed by atoms with van der Waals surface area (Å²) in [7, 11) is 0. The molecule has 1 heterocycles. The number of hydrogen-bond donors (Lipinski definition) is 1. The molecule has 1 aromatic rings. The predicted octanol–water partition coefficient (Wildman–Crippen LogP) is 1.14. The van der Waals surface area contributed by atoms with Gasteiger partial charge in [0.15, 0.2) is 11.4 Å². The first-order valence-corrected chi connectivity index (χ1v) is 3.74. The van der Waals surface area contributed by atoms with Gasteiger partial charge in [0.05, 0.1) is 5.38 Å². The summed E-state index contributed by atoms with van der Waals surface area (Å²) in [6.45, 7) is 0. The van der Waals surface area contributed by atoms with Crippen LogP contribution in [0.2, 0.25) is 0 Å². The molecule has 0 aliphatic carbocycles. The third-order valence-corrected chi connectivity index (χ3v) is 1.60. The van der Waals surface area contributed by atoms with Gasteiger partial charge in [0.1, 0.15) is 0 Å². The number of alkyl halides is 3. The van der Waals surface area contributed by atoms with Crippen molar-refractivity contribution in [2.24, 2.45) is 5.73 Å². The predicted molar refractivity (Wildman–Crippen MR) is 37.3 cm³/mol. The third kappa shape index (κ3) is 2.58. The van der Waals surface area contributed by atoms with E-state index in [0.717, 1.165) is 5.38 Å². The van der Waals surface area contributed by atoms with E-state index >= 15 is 0 Å². The lowest BCUT2D eigenvalue weighted by atomic mass is 10.4. The molecule has 13 heavy (non-hydrogen) atoms. The first kappa shape index (κ1) is 9.78.